The molecule has 0 fully saturated rings. The number of benzene rings is 1. The van der Waals surface area contributed by atoms with Crippen molar-refractivity contribution < 1.29 is 14.7 Å². The first kappa shape index (κ1) is 17.0. The Labute approximate surface area is 134 Å². The SMILES string of the molecule is Cc1cc(Br)c(NC(=O)NC(C)CCC(=O)O)c(Br)c1. The van der Waals surface area contributed by atoms with Crippen molar-refractivity contribution >= 4 is 49.5 Å². The van der Waals surface area contributed by atoms with Crippen LogP contribution in [-0.4, -0.2) is 23.1 Å². The highest BCUT2D eigenvalue weighted by atomic mass is 79.9. The molecule has 0 heterocycles. The molecular formula is C13H16Br2N2O3. The number of halogens is 2. The third-order valence-electron chi connectivity index (χ3n) is 2.59. The lowest BCUT2D eigenvalue weighted by Gasteiger charge is -2.15. The van der Waals surface area contributed by atoms with Crippen LogP contribution in [0.2, 0.25) is 0 Å². The van der Waals surface area contributed by atoms with Gasteiger partial charge in [0.1, 0.15) is 0 Å². The van der Waals surface area contributed by atoms with Crippen LogP contribution >= 0.6 is 31.9 Å². The number of carbonyl (C=O) groups is 2. The maximum absolute atomic E-state index is 11.8. The summed E-state index contributed by atoms with van der Waals surface area (Å²) in [5.74, 6) is -0.872. The third kappa shape index (κ3) is 5.50. The molecule has 1 aromatic rings. The Morgan fingerprint density at radius 1 is 1.30 bits per heavy atom. The fourth-order valence-electron chi connectivity index (χ4n) is 1.60. The van der Waals surface area contributed by atoms with Gasteiger partial charge in [-0.25, -0.2) is 4.79 Å². The predicted octanol–water partition coefficient (Wildman–Crippen LogP) is 3.89. The number of carboxylic acid groups (broad SMARTS) is 1. The number of nitrogens with one attached hydrogen (secondary N) is 2. The summed E-state index contributed by atoms with van der Waals surface area (Å²) >= 11 is 6.78. The van der Waals surface area contributed by atoms with Crippen molar-refractivity contribution in [2.45, 2.75) is 32.7 Å². The number of aryl methyl sites for hydroxylation is 1. The molecule has 0 aromatic heterocycles. The predicted molar refractivity (Wildman–Crippen MR) is 85.1 cm³/mol. The van der Waals surface area contributed by atoms with Crippen LogP contribution in [0.25, 0.3) is 0 Å². The number of aliphatic carboxylic acids is 1. The standard InChI is InChI=1S/C13H16Br2N2O3/c1-7-5-9(14)12(10(15)6-7)17-13(20)16-8(2)3-4-11(18)19/h5-6,8H,3-4H2,1-2H3,(H,18,19)(H2,16,17,20). The van der Waals surface area contributed by atoms with Gasteiger partial charge in [0.15, 0.2) is 0 Å². The number of hydrogen-bond acceptors (Lipinski definition) is 2. The Morgan fingerprint density at radius 2 is 1.85 bits per heavy atom. The lowest BCUT2D eigenvalue weighted by molar-refractivity contribution is -0.137. The Bertz CT molecular complexity index is 497. The summed E-state index contributed by atoms with van der Waals surface area (Å²) in [6.07, 6.45) is 0.415. The van der Waals surface area contributed by atoms with Crippen LogP contribution in [0.4, 0.5) is 10.5 Å². The van der Waals surface area contributed by atoms with Crippen molar-refractivity contribution in [2.24, 2.45) is 0 Å². The number of amides is 2. The second-order valence-corrected chi connectivity index (χ2v) is 6.24. The fourth-order valence-corrected chi connectivity index (χ4v) is 3.22. The first-order chi connectivity index (χ1) is 9.29. The molecular weight excluding hydrogens is 392 g/mol. The molecule has 0 aliphatic carbocycles. The van der Waals surface area contributed by atoms with E-state index in [1.54, 1.807) is 6.92 Å². The zero-order valence-corrected chi connectivity index (χ0v) is 14.3. The summed E-state index contributed by atoms with van der Waals surface area (Å²) in [6, 6.07) is 3.21. The maximum Gasteiger partial charge on any atom is 0.319 e. The molecule has 0 aliphatic rings. The van der Waals surface area contributed by atoms with Crippen molar-refractivity contribution in [3.05, 3.63) is 26.6 Å². The van der Waals surface area contributed by atoms with E-state index in [0.717, 1.165) is 14.5 Å². The van der Waals surface area contributed by atoms with Gasteiger partial charge in [0.25, 0.3) is 0 Å². The Hall–Kier alpha value is -1.08. The third-order valence-corrected chi connectivity index (χ3v) is 3.84. The van der Waals surface area contributed by atoms with Gasteiger partial charge in [0, 0.05) is 21.4 Å². The van der Waals surface area contributed by atoms with Crippen LogP contribution < -0.4 is 10.6 Å². The molecule has 1 rings (SSSR count). The van der Waals surface area contributed by atoms with Crippen LogP contribution in [0.15, 0.2) is 21.1 Å². The molecule has 0 bridgehead atoms. The molecule has 1 atom stereocenters. The quantitative estimate of drug-likeness (QED) is 0.692. The number of carboxylic acids is 1. The summed E-state index contributed by atoms with van der Waals surface area (Å²) in [5.41, 5.74) is 1.70. The van der Waals surface area contributed by atoms with E-state index in [1.807, 2.05) is 19.1 Å². The average molecular weight is 408 g/mol. The first-order valence-corrected chi connectivity index (χ1v) is 7.63. The molecule has 1 aromatic carbocycles. The molecule has 0 spiro atoms. The van der Waals surface area contributed by atoms with Crippen LogP contribution in [0.1, 0.15) is 25.3 Å². The van der Waals surface area contributed by atoms with Gasteiger partial charge in [-0.2, -0.15) is 0 Å². The molecule has 0 aliphatic heterocycles. The van der Waals surface area contributed by atoms with Crippen LogP contribution in [-0.2, 0) is 4.79 Å². The van der Waals surface area contributed by atoms with Gasteiger partial charge in [0.05, 0.1) is 5.69 Å². The normalized spacial score (nSPS) is 11.8. The second kappa shape index (κ2) is 7.64. The Morgan fingerprint density at radius 3 is 2.35 bits per heavy atom. The topological polar surface area (TPSA) is 78.4 Å². The summed E-state index contributed by atoms with van der Waals surface area (Å²) in [4.78, 5) is 22.3. The number of urea groups is 1. The monoisotopic (exact) mass is 406 g/mol. The average Bonchev–Trinajstić information content (AvgIpc) is 2.31. The van der Waals surface area contributed by atoms with E-state index < -0.39 is 5.97 Å². The van der Waals surface area contributed by atoms with Gasteiger partial charge in [-0.1, -0.05) is 0 Å². The molecule has 110 valence electrons. The van der Waals surface area contributed by atoms with Crippen molar-refractivity contribution in [1.29, 1.82) is 0 Å². The highest BCUT2D eigenvalue weighted by Crippen LogP contribution is 2.32. The van der Waals surface area contributed by atoms with Gasteiger partial charge in [-0.3, -0.25) is 4.79 Å². The van der Waals surface area contributed by atoms with E-state index in [-0.39, 0.29) is 18.5 Å². The number of anilines is 1. The minimum Gasteiger partial charge on any atom is -0.481 e. The van der Waals surface area contributed by atoms with Crippen molar-refractivity contribution in [3.63, 3.8) is 0 Å². The number of carbonyl (C=O) groups excluding carboxylic acids is 1. The number of hydrogen-bond donors (Lipinski definition) is 3. The highest BCUT2D eigenvalue weighted by molar-refractivity contribution is 9.11. The molecule has 3 N–H and O–H groups in total. The zero-order chi connectivity index (χ0) is 15.3. The zero-order valence-electron chi connectivity index (χ0n) is 11.2. The van der Waals surface area contributed by atoms with Crippen molar-refractivity contribution in [2.75, 3.05) is 5.32 Å². The van der Waals surface area contributed by atoms with Crippen LogP contribution in [0.5, 0.6) is 0 Å². The Kier molecular flexibility index (Phi) is 6.48. The largest absolute Gasteiger partial charge is 0.481 e. The molecule has 5 nitrogen and oxygen atoms in total. The molecule has 2 amide bonds. The summed E-state index contributed by atoms with van der Waals surface area (Å²) in [5, 5.41) is 14.0. The van der Waals surface area contributed by atoms with Gasteiger partial charge in [0.2, 0.25) is 0 Å². The molecule has 0 saturated carbocycles. The fraction of sp³-hybridized carbons (Fsp3) is 0.385. The summed E-state index contributed by atoms with van der Waals surface area (Å²) < 4.78 is 1.55. The maximum atomic E-state index is 11.8. The van der Waals surface area contributed by atoms with E-state index >= 15 is 0 Å². The first-order valence-electron chi connectivity index (χ1n) is 6.04. The highest BCUT2D eigenvalue weighted by Gasteiger charge is 2.12. The van der Waals surface area contributed by atoms with Gasteiger partial charge < -0.3 is 15.7 Å². The summed E-state index contributed by atoms with van der Waals surface area (Å²) in [7, 11) is 0. The summed E-state index contributed by atoms with van der Waals surface area (Å²) in [6.45, 7) is 3.72. The van der Waals surface area contributed by atoms with Gasteiger partial charge in [-0.05, 0) is 69.8 Å². The Balaban J connectivity index is 2.61. The van der Waals surface area contributed by atoms with Crippen LogP contribution in [0.3, 0.4) is 0 Å². The van der Waals surface area contributed by atoms with Crippen LogP contribution in [0, 0.1) is 6.92 Å². The molecule has 7 heteroatoms. The second-order valence-electron chi connectivity index (χ2n) is 4.54. The van der Waals surface area contributed by atoms with E-state index in [9.17, 15) is 9.59 Å². The van der Waals surface area contributed by atoms with E-state index in [0.29, 0.717) is 12.1 Å². The molecule has 0 saturated heterocycles. The minimum absolute atomic E-state index is 0.0272. The molecule has 0 radical (unpaired) electrons. The van der Waals surface area contributed by atoms with Crippen molar-refractivity contribution in [3.8, 4) is 0 Å². The van der Waals surface area contributed by atoms with E-state index in [4.69, 9.17) is 5.11 Å². The molecule has 20 heavy (non-hydrogen) atoms. The van der Waals surface area contributed by atoms with E-state index in [1.165, 1.54) is 0 Å². The lowest BCUT2D eigenvalue weighted by Crippen LogP contribution is -2.36. The van der Waals surface area contributed by atoms with Gasteiger partial charge in [-0.15, -0.1) is 0 Å². The number of rotatable bonds is 5. The van der Waals surface area contributed by atoms with E-state index in [2.05, 4.69) is 42.5 Å². The lowest BCUT2D eigenvalue weighted by atomic mass is 10.2. The smallest absolute Gasteiger partial charge is 0.319 e. The van der Waals surface area contributed by atoms with Gasteiger partial charge >= 0.3 is 12.0 Å². The molecule has 1 unspecified atom stereocenters. The van der Waals surface area contributed by atoms with Crippen molar-refractivity contribution in [1.82, 2.24) is 5.32 Å². The minimum atomic E-state index is -0.872.